The summed E-state index contributed by atoms with van der Waals surface area (Å²) in [6.45, 7) is 0.942. The number of anilines is 1. The maximum Gasteiger partial charge on any atom is 0.220 e. The van der Waals surface area contributed by atoms with Gasteiger partial charge < -0.3 is 16.2 Å². The summed E-state index contributed by atoms with van der Waals surface area (Å²) in [4.78, 5) is 11.8. The van der Waals surface area contributed by atoms with E-state index in [1.165, 1.54) is 0 Å². The molecule has 0 aromatic heterocycles. The third-order valence-electron chi connectivity index (χ3n) is 4.23. The molecule has 1 aliphatic rings. The highest BCUT2D eigenvalue weighted by atomic mass is 16.3. The molecule has 1 aliphatic carbocycles. The molecule has 4 N–H and O–H groups in total. The number of nitrogen functional groups attached to an aromatic ring is 1. The van der Waals surface area contributed by atoms with E-state index in [4.69, 9.17) is 5.73 Å². The molecule has 110 valence electrons. The van der Waals surface area contributed by atoms with Gasteiger partial charge in [-0.25, -0.2) is 0 Å². The second-order valence-electron chi connectivity index (χ2n) is 5.68. The number of carbonyl (C=O) groups excluding carboxylic acids is 1. The van der Waals surface area contributed by atoms with Gasteiger partial charge in [0.15, 0.2) is 0 Å². The molecule has 1 amide bonds. The zero-order chi connectivity index (χ0) is 14.4. The average molecular weight is 276 g/mol. The van der Waals surface area contributed by atoms with E-state index in [1.54, 1.807) is 0 Å². The van der Waals surface area contributed by atoms with Crippen LogP contribution in [0.1, 0.15) is 31.2 Å². The minimum absolute atomic E-state index is 0.0883. The van der Waals surface area contributed by atoms with Crippen molar-refractivity contribution >= 4 is 11.6 Å². The molecule has 1 fully saturated rings. The van der Waals surface area contributed by atoms with Gasteiger partial charge in [-0.3, -0.25) is 4.79 Å². The van der Waals surface area contributed by atoms with Crippen molar-refractivity contribution in [2.75, 3.05) is 18.9 Å². The number of hydrogen-bond acceptors (Lipinski definition) is 3. The highest BCUT2D eigenvalue weighted by Crippen LogP contribution is 2.30. The first-order valence-corrected chi connectivity index (χ1v) is 7.41. The van der Waals surface area contributed by atoms with E-state index in [-0.39, 0.29) is 12.5 Å². The molecular formula is C16H24N2O2. The largest absolute Gasteiger partial charge is 0.399 e. The Morgan fingerprint density at radius 2 is 1.95 bits per heavy atom. The fourth-order valence-corrected chi connectivity index (χ4v) is 2.90. The minimum atomic E-state index is 0.0883. The molecule has 0 radical (unpaired) electrons. The SMILES string of the molecule is Nc1ccc(CCC(=O)NCC2CCCC2CO)cc1. The second kappa shape index (κ2) is 7.29. The number of nitrogens with one attached hydrogen (secondary N) is 1. The Labute approximate surface area is 120 Å². The predicted molar refractivity (Wildman–Crippen MR) is 80.1 cm³/mol. The predicted octanol–water partition coefficient (Wildman–Crippen LogP) is 1.73. The van der Waals surface area contributed by atoms with Gasteiger partial charge in [0.05, 0.1) is 0 Å². The Morgan fingerprint density at radius 3 is 2.65 bits per heavy atom. The van der Waals surface area contributed by atoms with E-state index in [1.807, 2.05) is 24.3 Å². The van der Waals surface area contributed by atoms with Gasteiger partial charge in [0, 0.05) is 25.3 Å². The topological polar surface area (TPSA) is 75.4 Å². The van der Waals surface area contributed by atoms with Crippen LogP contribution in [0.2, 0.25) is 0 Å². The van der Waals surface area contributed by atoms with Gasteiger partial charge in [-0.2, -0.15) is 0 Å². The summed E-state index contributed by atoms with van der Waals surface area (Å²) in [5.41, 5.74) is 7.50. The summed E-state index contributed by atoms with van der Waals surface area (Å²) in [7, 11) is 0. The van der Waals surface area contributed by atoms with Crippen molar-refractivity contribution in [3.05, 3.63) is 29.8 Å². The number of nitrogens with two attached hydrogens (primary N) is 1. The zero-order valence-corrected chi connectivity index (χ0v) is 11.8. The van der Waals surface area contributed by atoms with Crippen LogP contribution in [-0.4, -0.2) is 24.2 Å². The summed E-state index contributed by atoms with van der Waals surface area (Å²) < 4.78 is 0. The van der Waals surface area contributed by atoms with Gasteiger partial charge in [0.25, 0.3) is 0 Å². The Bertz CT molecular complexity index is 431. The smallest absolute Gasteiger partial charge is 0.220 e. The third-order valence-corrected chi connectivity index (χ3v) is 4.23. The lowest BCUT2D eigenvalue weighted by Gasteiger charge is -2.17. The van der Waals surface area contributed by atoms with Crippen molar-refractivity contribution in [3.8, 4) is 0 Å². The average Bonchev–Trinajstić information content (AvgIpc) is 2.92. The van der Waals surface area contributed by atoms with Crippen LogP contribution in [0.4, 0.5) is 5.69 Å². The first-order chi connectivity index (χ1) is 9.69. The van der Waals surface area contributed by atoms with Crippen LogP contribution >= 0.6 is 0 Å². The van der Waals surface area contributed by atoms with E-state index in [0.717, 1.165) is 36.9 Å². The zero-order valence-electron chi connectivity index (χ0n) is 11.8. The van der Waals surface area contributed by atoms with Crippen LogP contribution in [-0.2, 0) is 11.2 Å². The van der Waals surface area contributed by atoms with Gasteiger partial charge >= 0.3 is 0 Å². The van der Waals surface area contributed by atoms with Crippen molar-refractivity contribution in [1.29, 1.82) is 0 Å². The fraction of sp³-hybridized carbons (Fsp3) is 0.562. The summed E-state index contributed by atoms with van der Waals surface area (Å²) in [5.74, 6) is 0.901. The van der Waals surface area contributed by atoms with Crippen LogP contribution in [0.5, 0.6) is 0 Å². The molecular weight excluding hydrogens is 252 g/mol. The normalized spacial score (nSPS) is 21.9. The van der Waals surface area contributed by atoms with Crippen molar-refractivity contribution in [1.82, 2.24) is 5.32 Å². The van der Waals surface area contributed by atoms with Gasteiger partial charge in [0.1, 0.15) is 0 Å². The number of aryl methyl sites for hydroxylation is 1. The van der Waals surface area contributed by atoms with Crippen molar-refractivity contribution in [3.63, 3.8) is 0 Å². The van der Waals surface area contributed by atoms with Crippen LogP contribution in [0.15, 0.2) is 24.3 Å². The van der Waals surface area contributed by atoms with Crippen LogP contribution in [0.25, 0.3) is 0 Å². The standard InChI is InChI=1S/C16H24N2O2/c17-15-7-4-12(5-8-15)6-9-16(20)18-10-13-2-1-3-14(13)11-19/h4-5,7-8,13-14,19H,1-3,6,9-11,17H2,(H,18,20). The number of hydrogen-bond donors (Lipinski definition) is 3. The van der Waals surface area contributed by atoms with E-state index < -0.39 is 0 Å². The molecule has 2 rings (SSSR count). The van der Waals surface area contributed by atoms with Gasteiger partial charge in [0.2, 0.25) is 5.91 Å². The second-order valence-corrected chi connectivity index (χ2v) is 5.68. The Balaban J connectivity index is 1.69. The van der Waals surface area contributed by atoms with Gasteiger partial charge in [-0.05, 0) is 48.8 Å². The summed E-state index contributed by atoms with van der Waals surface area (Å²) in [6, 6.07) is 7.64. The first kappa shape index (κ1) is 14.9. The number of benzene rings is 1. The molecule has 0 spiro atoms. The molecule has 1 aromatic carbocycles. The van der Waals surface area contributed by atoms with Crippen LogP contribution < -0.4 is 11.1 Å². The van der Waals surface area contributed by atoms with Crippen molar-refractivity contribution in [2.45, 2.75) is 32.1 Å². The van der Waals surface area contributed by atoms with E-state index in [9.17, 15) is 9.90 Å². The lowest BCUT2D eigenvalue weighted by Crippen LogP contribution is -2.31. The minimum Gasteiger partial charge on any atom is -0.399 e. The van der Waals surface area contributed by atoms with E-state index >= 15 is 0 Å². The summed E-state index contributed by atoms with van der Waals surface area (Å²) >= 11 is 0. The quantitative estimate of drug-likeness (QED) is 0.693. The molecule has 1 aromatic rings. The fourth-order valence-electron chi connectivity index (χ4n) is 2.90. The van der Waals surface area contributed by atoms with Crippen molar-refractivity contribution < 1.29 is 9.90 Å². The number of aliphatic hydroxyl groups excluding tert-OH is 1. The van der Waals surface area contributed by atoms with Crippen LogP contribution in [0.3, 0.4) is 0 Å². The molecule has 4 heteroatoms. The highest BCUT2D eigenvalue weighted by molar-refractivity contribution is 5.76. The molecule has 2 unspecified atom stereocenters. The summed E-state index contributed by atoms with van der Waals surface area (Å²) in [6.07, 6.45) is 4.60. The Hall–Kier alpha value is -1.55. The number of carbonyl (C=O) groups is 1. The third kappa shape index (κ3) is 4.23. The molecule has 0 saturated heterocycles. The first-order valence-electron chi connectivity index (χ1n) is 7.41. The van der Waals surface area contributed by atoms with Crippen molar-refractivity contribution in [2.24, 2.45) is 11.8 Å². The molecule has 0 bridgehead atoms. The molecule has 20 heavy (non-hydrogen) atoms. The number of rotatable bonds is 6. The Morgan fingerprint density at radius 1 is 1.25 bits per heavy atom. The maximum absolute atomic E-state index is 11.8. The van der Waals surface area contributed by atoms with E-state index in [2.05, 4.69) is 5.32 Å². The monoisotopic (exact) mass is 276 g/mol. The highest BCUT2D eigenvalue weighted by Gasteiger charge is 2.26. The Kier molecular flexibility index (Phi) is 5.41. The number of amides is 1. The number of aliphatic hydroxyl groups is 1. The molecule has 0 heterocycles. The molecule has 4 nitrogen and oxygen atoms in total. The summed E-state index contributed by atoms with van der Waals surface area (Å²) in [5, 5.41) is 12.2. The lowest BCUT2D eigenvalue weighted by atomic mass is 9.97. The molecule has 1 saturated carbocycles. The van der Waals surface area contributed by atoms with Gasteiger partial charge in [-0.15, -0.1) is 0 Å². The van der Waals surface area contributed by atoms with E-state index in [0.29, 0.717) is 24.8 Å². The lowest BCUT2D eigenvalue weighted by molar-refractivity contribution is -0.121. The maximum atomic E-state index is 11.8. The molecule has 2 atom stereocenters. The van der Waals surface area contributed by atoms with Crippen LogP contribution in [0, 0.1) is 11.8 Å². The molecule has 0 aliphatic heterocycles. The van der Waals surface area contributed by atoms with Gasteiger partial charge in [-0.1, -0.05) is 18.6 Å².